The summed E-state index contributed by atoms with van der Waals surface area (Å²) in [5.74, 6) is 0.573. The number of pyridine rings is 1. The van der Waals surface area contributed by atoms with Crippen molar-refractivity contribution >= 4 is 17.1 Å². The van der Waals surface area contributed by atoms with Crippen LogP contribution in [0.2, 0.25) is 0 Å². The maximum absolute atomic E-state index is 11.7. The Morgan fingerprint density at radius 1 is 1.12 bits per heavy atom. The molecule has 126 valence electrons. The summed E-state index contributed by atoms with van der Waals surface area (Å²) in [6.45, 7) is 0. The second kappa shape index (κ2) is 6.88. The summed E-state index contributed by atoms with van der Waals surface area (Å²) >= 11 is 0. The monoisotopic (exact) mass is 337 g/mol. The van der Waals surface area contributed by atoms with Crippen LogP contribution in [0.5, 0.6) is 11.5 Å². The van der Waals surface area contributed by atoms with Crippen molar-refractivity contribution in [3.05, 3.63) is 70.9 Å². The summed E-state index contributed by atoms with van der Waals surface area (Å²) in [5, 5.41) is 24.5. The molecule has 0 spiro atoms. The van der Waals surface area contributed by atoms with Crippen molar-refractivity contribution in [3.8, 4) is 22.8 Å². The first kappa shape index (κ1) is 16.3. The van der Waals surface area contributed by atoms with Crippen molar-refractivity contribution in [2.24, 2.45) is 0 Å². The summed E-state index contributed by atoms with van der Waals surface area (Å²) in [7, 11) is 1.52. The molecule has 2 N–H and O–H groups in total. The minimum Gasteiger partial charge on any atom is -0.506 e. The number of ether oxygens (including phenoxy) is 1. The number of phenolic OH excluding ortho intramolecular Hbond substituents is 1. The molecule has 1 heterocycles. The lowest BCUT2D eigenvalue weighted by Gasteiger charge is -2.11. The number of nitro groups is 1. The van der Waals surface area contributed by atoms with Crippen molar-refractivity contribution < 1.29 is 14.8 Å². The summed E-state index contributed by atoms with van der Waals surface area (Å²) in [6, 6.07) is 14.9. The standard InChI is InChI=1S/C18H15N3O4/c1-25-13-6-4-5-12(11-13)17-18(21(23)24)15(9-10-19-17)20-14-7-2-3-8-16(14)22/h2-11,22H,1H3,(H,19,20). The van der Waals surface area contributed by atoms with Gasteiger partial charge in [-0.25, -0.2) is 4.98 Å². The van der Waals surface area contributed by atoms with Crippen LogP contribution in [-0.2, 0) is 0 Å². The fraction of sp³-hybridized carbons (Fsp3) is 0.0556. The number of anilines is 2. The SMILES string of the molecule is COc1cccc(-c2nccc(Nc3ccccc3O)c2[N+](=O)[O-])c1. The van der Waals surface area contributed by atoms with Crippen molar-refractivity contribution in [2.45, 2.75) is 0 Å². The molecule has 0 amide bonds. The van der Waals surface area contributed by atoms with Crippen molar-refractivity contribution in [3.63, 3.8) is 0 Å². The molecule has 2 aromatic carbocycles. The zero-order chi connectivity index (χ0) is 17.8. The van der Waals surface area contributed by atoms with Gasteiger partial charge in [0, 0.05) is 11.8 Å². The van der Waals surface area contributed by atoms with Crippen LogP contribution in [0.1, 0.15) is 0 Å². The van der Waals surface area contributed by atoms with Crippen LogP contribution in [0.15, 0.2) is 60.8 Å². The van der Waals surface area contributed by atoms with Crippen LogP contribution in [0.3, 0.4) is 0 Å². The highest BCUT2D eigenvalue weighted by Gasteiger charge is 2.23. The summed E-state index contributed by atoms with van der Waals surface area (Å²) in [6.07, 6.45) is 1.48. The minimum absolute atomic E-state index is 0.00320. The number of para-hydroxylation sites is 2. The van der Waals surface area contributed by atoms with E-state index < -0.39 is 4.92 Å². The zero-order valence-corrected chi connectivity index (χ0v) is 13.3. The Morgan fingerprint density at radius 3 is 2.64 bits per heavy atom. The predicted molar refractivity (Wildman–Crippen MR) is 94.3 cm³/mol. The molecular formula is C18H15N3O4. The van der Waals surface area contributed by atoms with Gasteiger partial charge >= 0.3 is 5.69 Å². The molecule has 0 saturated carbocycles. The fourth-order valence-corrected chi connectivity index (χ4v) is 2.45. The number of nitrogens with one attached hydrogen (secondary N) is 1. The van der Waals surface area contributed by atoms with E-state index >= 15 is 0 Å². The Morgan fingerprint density at radius 2 is 1.92 bits per heavy atom. The molecule has 0 aliphatic heterocycles. The number of hydrogen-bond donors (Lipinski definition) is 2. The number of hydrogen-bond acceptors (Lipinski definition) is 6. The van der Waals surface area contributed by atoms with Gasteiger partial charge in [-0.1, -0.05) is 24.3 Å². The molecule has 3 aromatic rings. The highest BCUT2D eigenvalue weighted by atomic mass is 16.6. The Bertz CT molecular complexity index is 928. The van der Waals surface area contributed by atoms with Crippen molar-refractivity contribution in [1.82, 2.24) is 4.98 Å². The van der Waals surface area contributed by atoms with Gasteiger partial charge in [-0.15, -0.1) is 0 Å². The normalized spacial score (nSPS) is 10.3. The predicted octanol–water partition coefficient (Wildman–Crippen LogP) is 4.11. The molecule has 0 atom stereocenters. The molecular weight excluding hydrogens is 322 g/mol. The van der Waals surface area contributed by atoms with E-state index in [0.29, 0.717) is 17.0 Å². The molecule has 0 unspecified atom stereocenters. The molecule has 0 radical (unpaired) electrons. The van der Waals surface area contributed by atoms with Gasteiger partial charge in [-0.3, -0.25) is 10.1 Å². The Hall–Kier alpha value is -3.61. The molecule has 0 bridgehead atoms. The van der Waals surface area contributed by atoms with Gasteiger partial charge in [0.2, 0.25) is 0 Å². The van der Waals surface area contributed by atoms with E-state index in [1.54, 1.807) is 42.5 Å². The van der Waals surface area contributed by atoms with Crippen molar-refractivity contribution in [1.29, 1.82) is 0 Å². The first-order valence-corrected chi connectivity index (χ1v) is 7.43. The molecule has 0 fully saturated rings. The smallest absolute Gasteiger partial charge is 0.318 e. The third-order valence-corrected chi connectivity index (χ3v) is 3.62. The topological polar surface area (TPSA) is 97.5 Å². The molecule has 3 rings (SSSR count). The number of aromatic nitrogens is 1. The van der Waals surface area contributed by atoms with E-state index in [4.69, 9.17) is 4.74 Å². The summed E-state index contributed by atoms with van der Waals surface area (Å²) < 4.78 is 5.17. The number of methoxy groups -OCH3 is 1. The maximum Gasteiger partial charge on any atom is 0.318 e. The zero-order valence-electron chi connectivity index (χ0n) is 13.3. The minimum atomic E-state index is -0.496. The highest BCUT2D eigenvalue weighted by Crippen LogP contribution is 2.38. The largest absolute Gasteiger partial charge is 0.506 e. The van der Waals surface area contributed by atoms with E-state index in [-0.39, 0.29) is 22.8 Å². The Kier molecular flexibility index (Phi) is 4.47. The number of benzene rings is 2. The third-order valence-electron chi connectivity index (χ3n) is 3.62. The number of nitrogens with zero attached hydrogens (tertiary/aromatic N) is 2. The molecule has 0 saturated heterocycles. The van der Waals surface area contributed by atoms with Gasteiger partial charge in [-0.05, 0) is 30.3 Å². The average Bonchev–Trinajstić information content (AvgIpc) is 2.63. The van der Waals surface area contributed by atoms with Gasteiger partial charge < -0.3 is 15.2 Å². The van der Waals surface area contributed by atoms with Crippen molar-refractivity contribution in [2.75, 3.05) is 12.4 Å². The lowest BCUT2D eigenvalue weighted by atomic mass is 10.1. The molecule has 25 heavy (non-hydrogen) atoms. The molecule has 1 aromatic heterocycles. The third kappa shape index (κ3) is 3.35. The number of rotatable bonds is 5. The second-order valence-corrected chi connectivity index (χ2v) is 5.19. The van der Waals surface area contributed by atoms with E-state index in [1.165, 1.54) is 25.4 Å². The Balaban J connectivity index is 2.11. The molecule has 7 nitrogen and oxygen atoms in total. The van der Waals surface area contributed by atoms with Crippen LogP contribution in [0, 0.1) is 10.1 Å². The first-order valence-electron chi connectivity index (χ1n) is 7.43. The number of phenols is 1. The van der Waals surface area contributed by atoms with E-state index in [1.807, 2.05) is 0 Å². The first-order chi connectivity index (χ1) is 12.1. The fourth-order valence-electron chi connectivity index (χ4n) is 2.45. The van der Waals surface area contributed by atoms with Gasteiger partial charge in [0.25, 0.3) is 0 Å². The number of aromatic hydroxyl groups is 1. The van der Waals surface area contributed by atoms with E-state index in [2.05, 4.69) is 10.3 Å². The quantitative estimate of drug-likeness (QED) is 0.413. The van der Waals surface area contributed by atoms with Crippen LogP contribution >= 0.6 is 0 Å². The van der Waals surface area contributed by atoms with Gasteiger partial charge in [0.05, 0.1) is 17.7 Å². The van der Waals surface area contributed by atoms with Gasteiger partial charge in [0.1, 0.15) is 17.2 Å². The second-order valence-electron chi connectivity index (χ2n) is 5.19. The van der Waals surface area contributed by atoms with Crippen LogP contribution in [0.25, 0.3) is 11.3 Å². The van der Waals surface area contributed by atoms with Crippen LogP contribution < -0.4 is 10.1 Å². The Labute approximate surface area is 143 Å². The highest BCUT2D eigenvalue weighted by molar-refractivity contribution is 5.82. The van der Waals surface area contributed by atoms with Gasteiger partial charge in [-0.2, -0.15) is 0 Å². The van der Waals surface area contributed by atoms with E-state index in [0.717, 1.165) is 0 Å². The van der Waals surface area contributed by atoms with Gasteiger partial charge in [0.15, 0.2) is 5.69 Å². The molecule has 0 aliphatic rings. The lowest BCUT2D eigenvalue weighted by Crippen LogP contribution is -2.01. The molecule has 0 aliphatic carbocycles. The summed E-state index contributed by atoms with van der Waals surface area (Å²) in [5.41, 5.74) is 1.20. The van der Waals surface area contributed by atoms with Crippen LogP contribution in [0.4, 0.5) is 17.1 Å². The lowest BCUT2D eigenvalue weighted by molar-refractivity contribution is -0.383. The van der Waals surface area contributed by atoms with Crippen LogP contribution in [-0.4, -0.2) is 22.1 Å². The average molecular weight is 337 g/mol. The summed E-state index contributed by atoms with van der Waals surface area (Å²) in [4.78, 5) is 15.4. The molecule has 7 heteroatoms. The van der Waals surface area contributed by atoms with E-state index in [9.17, 15) is 15.2 Å². The maximum atomic E-state index is 11.7.